The normalized spacial score (nSPS) is 14.9. The highest BCUT2D eigenvalue weighted by Gasteiger charge is 2.21. The van der Waals surface area contributed by atoms with Crippen molar-refractivity contribution in [2.45, 2.75) is 71.3 Å². The number of halogens is 1. The Balaban J connectivity index is 0.00000392. The number of benzene rings is 1. The van der Waals surface area contributed by atoms with Crippen LogP contribution in [-0.2, 0) is 4.74 Å². The summed E-state index contributed by atoms with van der Waals surface area (Å²) in [6.45, 7) is 8.27. The summed E-state index contributed by atoms with van der Waals surface area (Å²) in [4.78, 5) is 14.6. The SMILES string of the molecule is CCCCCCCOc1cccc(NC(=O)OC2CCN(CCC)CC2)c1.Cl. The lowest BCUT2D eigenvalue weighted by atomic mass is 10.1. The zero-order chi connectivity index (χ0) is 19.3. The van der Waals surface area contributed by atoms with Gasteiger partial charge in [-0.05, 0) is 44.4 Å². The molecule has 0 saturated carbocycles. The molecule has 0 radical (unpaired) electrons. The second-order valence-corrected chi connectivity index (χ2v) is 7.36. The summed E-state index contributed by atoms with van der Waals surface area (Å²) in [5.74, 6) is 0.788. The number of ether oxygens (including phenoxy) is 2. The highest BCUT2D eigenvalue weighted by atomic mass is 35.5. The molecular formula is C22H37ClN2O3. The Labute approximate surface area is 176 Å². The minimum atomic E-state index is -0.374. The molecule has 1 aromatic carbocycles. The summed E-state index contributed by atoms with van der Waals surface area (Å²) < 4.78 is 11.4. The van der Waals surface area contributed by atoms with Crippen LogP contribution in [0.3, 0.4) is 0 Å². The van der Waals surface area contributed by atoms with Gasteiger partial charge in [-0.1, -0.05) is 45.6 Å². The number of piperidine rings is 1. The van der Waals surface area contributed by atoms with Gasteiger partial charge in [0.25, 0.3) is 0 Å². The Morgan fingerprint density at radius 2 is 1.86 bits per heavy atom. The number of carbonyl (C=O) groups excluding carboxylic acids is 1. The molecule has 1 saturated heterocycles. The lowest BCUT2D eigenvalue weighted by molar-refractivity contribution is 0.0590. The van der Waals surface area contributed by atoms with Gasteiger partial charge in [0.05, 0.1) is 6.61 Å². The Morgan fingerprint density at radius 3 is 2.57 bits per heavy atom. The number of carbonyl (C=O) groups is 1. The van der Waals surface area contributed by atoms with Gasteiger partial charge in [-0.2, -0.15) is 0 Å². The number of hydrogen-bond donors (Lipinski definition) is 1. The fourth-order valence-corrected chi connectivity index (χ4v) is 3.42. The number of rotatable bonds is 11. The highest BCUT2D eigenvalue weighted by molar-refractivity contribution is 5.85. The van der Waals surface area contributed by atoms with Crippen molar-refractivity contribution < 1.29 is 14.3 Å². The van der Waals surface area contributed by atoms with Crippen LogP contribution in [0.4, 0.5) is 10.5 Å². The first-order valence-corrected chi connectivity index (χ1v) is 10.6. The molecule has 0 unspecified atom stereocenters. The van der Waals surface area contributed by atoms with Crippen molar-refractivity contribution in [1.82, 2.24) is 4.90 Å². The van der Waals surface area contributed by atoms with Crippen molar-refractivity contribution in [2.24, 2.45) is 0 Å². The number of amides is 1. The minimum absolute atomic E-state index is 0. The Morgan fingerprint density at radius 1 is 1.11 bits per heavy atom. The van der Waals surface area contributed by atoms with E-state index >= 15 is 0 Å². The maximum absolute atomic E-state index is 12.2. The predicted molar refractivity (Wildman–Crippen MR) is 118 cm³/mol. The first kappa shape index (κ1) is 24.6. The summed E-state index contributed by atoms with van der Waals surface area (Å²) in [7, 11) is 0. The van der Waals surface area contributed by atoms with E-state index in [0.29, 0.717) is 12.3 Å². The molecule has 1 N–H and O–H groups in total. The topological polar surface area (TPSA) is 50.8 Å². The van der Waals surface area contributed by atoms with E-state index in [9.17, 15) is 4.79 Å². The summed E-state index contributed by atoms with van der Waals surface area (Å²) >= 11 is 0. The third-order valence-corrected chi connectivity index (χ3v) is 4.95. The predicted octanol–water partition coefficient (Wildman–Crippen LogP) is 5.88. The fraction of sp³-hybridized carbons (Fsp3) is 0.682. The average molecular weight is 413 g/mol. The van der Waals surface area contributed by atoms with Crippen molar-refractivity contribution in [3.8, 4) is 5.75 Å². The first-order valence-electron chi connectivity index (χ1n) is 10.6. The van der Waals surface area contributed by atoms with Gasteiger partial charge < -0.3 is 14.4 Å². The monoisotopic (exact) mass is 412 g/mol. The minimum Gasteiger partial charge on any atom is -0.494 e. The molecule has 1 aliphatic heterocycles. The number of anilines is 1. The van der Waals surface area contributed by atoms with Gasteiger partial charge in [-0.3, -0.25) is 5.32 Å². The van der Waals surface area contributed by atoms with E-state index in [4.69, 9.17) is 9.47 Å². The Hall–Kier alpha value is -1.46. The number of hydrogen-bond acceptors (Lipinski definition) is 4. The van der Waals surface area contributed by atoms with E-state index in [1.54, 1.807) is 0 Å². The number of nitrogens with one attached hydrogen (secondary N) is 1. The van der Waals surface area contributed by atoms with Gasteiger partial charge in [0.2, 0.25) is 0 Å². The molecule has 1 aliphatic rings. The molecule has 5 nitrogen and oxygen atoms in total. The maximum atomic E-state index is 12.2. The lowest BCUT2D eigenvalue weighted by Crippen LogP contribution is -2.38. The molecule has 1 amide bonds. The lowest BCUT2D eigenvalue weighted by Gasteiger charge is -2.31. The average Bonchev–Trinajstić information content (AvgIpc) is 2.66. The summed E-state index contributed by atoms with van der Waals surface area (Å²) in [5.41, 5.74) is 0.715. The molecule has 0 atom stereocenters. The van der Waals surface area contributed by atoms with Gasteiger partial charge in [-0.25, -0.2) is 4.79 Å². The van der Waals surface area contributed by atoms with Crippen molar-refractivity contribution >= 4 is 24.2 Å². The molecule has 0 aromatic heterocycles. The van der Waals surface area contributed by atoms with Crippen LogP contribution >= 0.6 is 12.4 Å². The zero-order valence-corrected chi connectivity index (χ0v) is 18.3. The van der Waals surface area contributed by atoms with E-state index < -0.39 is 0 Å². The van der Waals surface area contributed by atoms with Crippen molar-refractivity contribution in [3.63, 3.8) is 0 Å². The smallest absolute Gasteiger partial charge is 0.411 e. The molecule has 1 heterocycles. The van der Waals surface area contributed by atoms with Gasteiger partial charge >= 0.3 is 6.09 Å². The van der Waals surface area contributed by atoms with E-state index in [-0.39, 0.29) is 24.6 Å². The van der Waals surface area contributed by atoms with Crippen LogP contribution in [0.25, 0.3) is 0 Å². The van der Waals surface area contributed by atoms with Crippen LogP contribution < -0.4 is 10.1 Å². The van der Waals surface area contributed by atoms with E-state index in [1.165, 1.54) is 32.1 Å². The third-order valence-electron chi connectivity index (χ3n) is 4.95. The van der Waals surface area contributed by atoms with Crippen LogP contribution in [-0.4, -0.2) is 43.3 Å². The van der Waals surface area contributed by atoms with Gasteiger partial charge in [0.1, 0.15) is 11.9 Å². The van der Waals surface area contributed by atoms with Crippen LogP contribution in [0.5, 0.6) is 5.75 Å². The van der Waals surface area contributed by atoms with Crippen LogP contribution in [0.1, 0.15) is 65.2 Å². The second kappa shape index (κ2) is 14.5. The van der Waals surface area contributed by atoms with Gasteiger partial charge in [-0.15, -0.1) is 12.4 Å². The second-order valence-electron chi connectivity index (χ2n) is 7.36. The molecule has 160 valence electrons. The van der Waals surface area contributed by atoms with Crippen LogP contribution in [0.2, 0.25) is 0 Å². The molecule has 2 rings (SSSR count). The summed E-state index contributed by atoms with van der Waals surface area (Å²) in [5, 5.41) is 2.83. The molecule has 1 fully saturated rings. The van der Waals surface area contributed by atoms with Crippen molar-refractivity contribution in [3.05, 3.63) is 24.3 Å². The van der Waals surface area contributed by atoms with E-state index in [0.717, 1.165) is 44.6 Å². The van der Waals surface area contributed by atoms with E-state index in [2.05, 4.69) is 24.1 Å². The highest BCUT2D eigenvalue weighted by Crippen LogP contribution is 2.19. The standard InChI is InChI=1S/C22H36N2O3.ClH/c1-3-5-6-7-8-17-26-21-11-9-10-19(18-21)23-22(25)27-20-12-15-24(14-4-2)16-13-20;/h9-11,18,20H,3-8,12-17H2,1-2H3,(H,23,25);1H. The molecule has 28 heavy (non-hydrogen) atoms. The number of nitrogens with zero attached hydrogens (tertiary/aromatic N) is 1. The maximum Gasteiger partial charge on any atom is 0.411 e. The molecule has 0 aliphatic carbocycles. The van der Waals surface area contributed by atoms with E-state index in [1.807, 2.05) is 24.3 Å². The third kappa shape index (κ3) is 9.65. The Kier molecular flexibility index (Phi) is 12.8. The fourth-order valence-electron chi connectivity index (χ4n) is 3.42. The van der Waals surface area contributed by atoms with Gasteiger partial charge in [0, 0.05) is 24.8 Å². The quantitative estimate of drug-likeness (QED) is 0.461. The van der Waals surface area contributed by atoms with Gasteiger partial charge in [0.15, 0.2) is 0 Å². The van der Waals surface area contributed by atoms with Crippen LogP contribution in [0.15, 0.2) is 24.3 Å². The molecule has 1 aromatic rings. The molecule has 6 heteroatoms. The molecule has 0 bridgehead atoms. The largest absolute Gasteiger partial charge is 0.494 e. The first-order chi connectivity index (χ1) is 13.2. The van der Waals surface area contributed by atoms with Crippen molar-refractivity contribution in [1.29, 1.82) is 0 Å². The zero-order valence-electron chi connectivity index (χ0n) is 17.5. The summed E-state index contributed by atoms with van der Waals surface area (Å²) in [6, 6.07) is 7.54. The number of unbranched alkanes of at least 4 members (excludes halogenated alkanes) is 4. The Bertz CT molecular complexity index is 548. The molecule has 0 spiro atoms. The molecular weight excluding hydrogens is 376 g/mol. The summed E-state index contributed by atoms with van der Waals surface area (Å²) in [6.07, 6.45) is 8.71. The number of likely N-dealkylation sites (tertiary alicyclic amines) is 1. The van der Waals surface area contributed by atoms with Crippen LogP contribution in [0, 0.1) is 0 Å². The van der Waals surface area contributed by atoms with Crippen molar-refractivity contribution in [2.75, 3.05) is 31.6 Å².